The summed E-state index contributed by atoms with van der Waals surface area (Å²) in [5.41, 5.74) is 0.531. The van der Waals surface area contributed by atoms with E-state index in [-0.39, 0.29) is 5.75 Å². The van der Waals surface area contributed by atoms with Gasteiger partial charge in [-0.1, -0.05) is 15.9 Å². The van der Waals surface area contributed by atoms with E-state index in [0.717, 1.165) is 11.0 Å². The molecule has 1 aliphatic carbocycles. The number of sulfonamides is 1. The Hall–Kier alpha value is 0.370. The topological polar surface area (TPSA) is 58.2 Å². The van der Waals surface area contributed by atoms with Gasteiger partial charge in [0.2, 0.25) is 10.0 Å². The Kier molecular flexibility index (Phi) is 5.93. The molecule has 1 aromatic rings. The summed E-state index contributed by atoms with van der Waals surface area (Å²) in [5.74, 6) is 0.113. The molecule has 112 valence electrons. The lowest BCUT2D eigenvalue weighted by Gasteiger charge is -2.12. The Morgan fingerprint density at radius 1 is 1.15 bits per heavy atom. The molecule has 2 N–H and O–H groups in total. The highest BCUT2D eigenvalue weighted by Gasteiger charge is 2.20. The molecule has 0 aromatic heterocycles. The number of nitrogens with one attached hydrogen (secondary N) is 2. The van der Waals surface area contributed by atoms with Crippen LogP contribution in [0.5, 0.6) is 0 Å². The van der Waals surface area contributed by atoms with E-state index >= 15 is 0 Å². The standard InChI is InChI=1S/C12H15Br3N2O2S/c13-8-6-10(14)12(11(15)7-8)17-20(18,19)5-1-4-16-9-2-3-9/h6-7,9,16-17H,1-5H2. The van der Waals surface area contributed by atoms with Gasteiger partial charge in [-0.2, -0.15) is 0 Å². The van der Waals surface area contributed by atoms with Crippen LogP contribution in [0.2, 0.25) is 0 Å². The first-order chi connectivity index (χ1) is 9.37. The molecule has 0 atom stereocenters. The molecule has 20 heavy (non-hydrogen) atoms. The van der Waals surface area contributed by atoms with Gasteiger partial charge < -0.3 is 5.32 Å². The number of halogens is 3. The van der Waals surface area contributed by atoms with E-state index in [9.17, 15) is 8.42 Å². The quantitative estimate of drug-likeness (QED) is 0.571. The molecular formula is C12H15Br3N2O2S. The second-order valence-electron chi connectivity index (χ2n) is 4.75. The maximum Gasteiger partial charge on any atom is 0.232 e. The molecule has 0 spiro atoms. The highest BCUT2D eigenvalue weighted by Crippen LogP contribution is 2.35. The van der Waals surface area contributed by atoms with Crippen molar-refractivity contribution in [2.75, 3.05) is 17.0 Å². The fraction of sp³-hybridized carbons (Fsp3) is 0.500. The van der Waals surface area contributed by atoms with Gasteiger partial charge in [0.25, 0.3) is 0 Å². The third-order valence-corrected chi connectivity index (χ3v) is 5.91. The molecule has 0 unspecified atom stereocenters. The van der Waals surface area contributed by atoms with Crippen molar-refractivity contribution in [1.29, 1.82) is 0 Å². The highest BCUT2D eigenvalue weighted by molar-refractivity contribution is 9.11. The molecule has 4 nitrogen and oxygen atoms in total. The Morgan fingerprint density at radius 2 is 1.75 bits per heavy atom. The normalized spacial score (nSPS) is 15.3. The summed E-state index contributed by atoms with van der Waals surface area (Å²) in [7, 11) is -3.34. The summed E-state index contributed by atoms with van der Waals surface area (Å²) >= 11 is 10.1. The first-order valence-corrected chi connectivity index (χ1v) is 10.3. The molecule has 0 amide bonds. The molecular weight excluding hydrogens is 476 g/mol. The smallest absolute Gasteiger partial charge is 0.232 e. The summed E-state index contributed by atoms with van der Waals surface area (Å²) in [5, 5.41) is 3.31. The zero-order chi connectivity index (χ0) is 14.8. The predicted octanol–water partition coefficient (Wildman–Crippen LogP) is 3.86. The molecule has 2 rings (SSSR count). The molecule has 0 aliphatic heterocycles. The van der Waals surface area contributed by atoms with Crippen LogP contribution in [0.25, 0.3) is 0 Å². The number of hydrogen-bond acceptors (Lipinski definition) is 3. The van der Waals surface area contributed by atoms with Crippen LogP contribution in [0.1, 0.15) is 19.3 Å². The third-order valence-electron chi connectivity index (χ3n) is 2.86. The molecule has 1 aliphatic rings. The maximum absolute atomic E-state index is 12.1. The molecule has 0 saturated heterocycles. The lowest BCUT2D eigenvalue weighted by molar-refractivity contribution is 0.593. The average Bonchev–Trinajstić information content (AvgIpc) is 3.13. The molecule has 1 aromatic carbocycles. The van der Waals surface area contributed by atoms with Crippen molar-refractivity contribution in [2.45, 2.75) is 25.3 Å². The van der Waals surface area contributed by atoms with Crippen LogP contribution in [-0.4, -0.2) is 26.8 Å². The van der Waals surface area contributed by atoms with Crippen molar-refractivity contribution in [1.82, 2.24) is 5.32 Å². The van der Waals surface area contributed by atoms with Gasteiger partial charge in [0, 0.05) is 19.5 Å². The first-order valence-electron chi connectivity index (χ1n) is 6.26. The van der Waals surface area contributed by atoms with Gasteiger partial charge in [-0.25, -0.2) is 8.42 Å². The zero-order valence-electron chi connectivity index (χ0n) is 10.6. The number of benzene rings is 1. The molecule has 1 saturated carbocycles. The fourth-order valence-corrected chi connectivity index (χ4v) is 5.58. The SMILES string of the molecule is O=S(=O)(CCCNC1CC1)Nc1c(Br)cc(Br)cc1Br. The van der Waals surface area contributed by atoms with Crippen molar-refractivity contribution >= 4 is 63.5 Å². The van der Waals surface area contributed by atoms with Crippen LogP contribution in [-0.2, 0) is 10.0 Å². The van der Waals surface area contributed by atoms with E-state index in [0.29, 0.717) is 27.1 Å². The number of rotatable bonds is 7. The lowest BCUT2D eigenvalue weighted by atomic mass is 10.3. The van der Waals surface area contributed by atoms with E-state index in [1.54, 1.807) is 12.1 Å². The second kappa shape index (κ2) is 7.09. The monoisotopic (exact) mass is 488 g/mol. The Balaban J connectivity index is 1.93. The largest absolute Gasteiger partial charge is 0.314 e. The van der Waals surface area contributed by atoms with E-state index < -0.39 is 10.0 Å². The molecule has 8 heteroatoms. The minimum Gasteiger partial charge on any atom is -0.314 e. The van der Waals surface area contributed by atoms with Crippen molar-refractivity contribution in [3.63, 3.8) is 0 Å². The lowest BCUT2D eigenvalue weighted by Crippen LogP contribution is -2.23. The summed E-state index contributed by atoms with van der Waals surface area (Å²) in [6.07, 6.45) is 3.03. The van der Waals surface area contributed by atoms with E-state index in [2.05, 4.69) is 57.8 Å². The zero-order valence-corrected chi connectivity index (χ0v) is 16.2. The third kappa shape index (κ3) is 5.29. The minimum absolute atomic E-state index is 0.113. The van der Waals surface area contributed by atoms with Gasteiger partial charge in [0.15, 0.2) is 0 Å². The molecule has 1 fully saturated rings. The number of hydrogen-bond donors (Lipinski definition) is 2. The Bertz CT molecular complexity index is 565. The predicted molar refractivity (Wildman–Crippen MR) is 92.6 cm³/mol. The average molecular weight is 491 g/mol. The summed E-state index contributed by atoms with van der Waals surface area (Å²) in [4.78, 5) is 0. The summed E-state index contributed by atoms with van der Waals surface area (Å²) < 4.78 is 29.0. The molecule has 0 bridgehead atoms. The van der Waals surface area contributed by atoms with Gasteiger partial charge in [-0.05, 0) is 69.8 Å². The maximum atomic E-state index is 12.1. The minimum atomic E-state index is -3.34. The van der Waals surface area contributed by atoms with Crippen molar-refractivity contribution < 1.29 is 8.42 Å². The molecule has 0 heterocycles. The van der Waals surface area contributed by atoms with Crippen LogP contribution in [0.4, 0.5) is 5.69 Å². The van der Waals surface area contributed by atoms with Crippen LogP contribution in [0.15, 0.2) is 25.6 Å². The van der Waals surface area contributed by atoms with Gasteiger partial charge in [-0.3, -0.25) is 4.72 Å². The van der Waals surface area contributed by atoms with Crippen LogP contribution in [0, 0.1) is 0 Å². The first kappa shape index (κ1) is 16.7. The van der Waals surface area contributed by atoms with E-state index in [1.807, 2.05) is 0 Å². The van der Waals surface area contributed by atoms with Crippen LogP contribution < -0.4 is 10.0 Å². The van der Waals surface area contributed by atoms with Crippen molar-refractivity contribution in [3.8, 4) is 0 Å². The fourth-order valence-electron chi connectivity index (χ4n) is 1.70. The van der Waals surface area contributed by atoms with Crippen LogP contribution in [0.3, 0.4) is 0 Å². The molecule has 0 radical (unpaired) electrons. The van der Waals surface area contributed by atoms with Gasteiger partial charge >= 0.3 is 0 Å². The highest BCUT2D eigenvalue weighted by atomic mass is 79.9. The van der Waals surface area contributed by atoms with E-state index in [1.165, 1.54) is 12.8 Å². The van der Waals surface area contributed by atoms with Gasteiger partial charge in [0.05, 0.1) is 11.4 Å². The summed E-state index contributed by atoms with van der Waals surface area (Å²) in [6, 6.07) is 4.22. The Labute approximate surface area is 144 Å². The summed E-state index contributed by atoms with van der Waals surface area (Å²) in [6.45, 7) is 0.744. The van der Waals surface area contributed by atoms with E-state index in [4.69, 9.17) is 0 Å². The number of anilines is 1. The van der Waals surface area contributed by atoms with Crippen molar-refractivity contribution in [2.24, 2.45) is 0 Å². The Morgan fingerprint density at radius 3 is 2.30 bits per heavy atom. The van der Waals surface area contributed by atoms with Gasteiger partial charge in [0.1, 0.15) is 0 Å². The van der Waals surface area contributed by atoms with Gasteiger partial charge in [-0.15, -0.1) is 0 Å². The van der Waals surface area contributed by atoms with Crippen LogP contribution >= 0.6 is 47.8 Å². The van der Waals surface area contributed by atoms with Crippen molar-refractivity contribution in [3.05, 3.63) is 25.6 Å². The second-order valence-corrected chi connectivity index (χ2v) is 9.21.